The Morgan fingerprint density at radius 1 is 1.04 bits per heavy atom. The Bertz CT molecular complexity index is 805. The topological polar surface area (TPSA) is 62.2 Å². The summed E-state index contributed by atoms with van der Waals surface area (Å²) in [4.78, 5) is 15.6. The van der Waals surface area contributed by atoms with Gasteiger partial charge in [-0.25, -0.2) is 4.39 Å². The number of phenolic OH excluding ortho intramolecular Hbond substituents is 1. The maximum absolute atomic E-state index is 11.9. The number of phenols is 1. The highest BCUT2D eigenvalue weighted by Gasteiger charge is 2.07. The molecule has 3 rings (SSSR count). The predicted molar refractivity (Wildman–Crippen MR) is 95.7 cm³/mol. The second kappa shape index (κ2) is 9.17. The number of benzene rings is 2. The van der Waals surface area contributed by atoms with Gasteiger partial charge in [0.1, 0.15) is 17.3 Å². The largest absolute Gasteiger partial charge is 0.507 e. The first-order chi connectivity index (χ1) is 12.1. The van der Waals surface area contributed by atoms with E-state index in [1.54, 1.807) is 54.7 Å². The lowest BCUT2D eigenvalue weighted by molar-refractivity contribution is 0.0951. The van der Waals surface area contributed by atoms with Crippen molar-refractivity contribution in [3.63, 3.8) is 0 Å². The zero-order valence-electron chi connectivity index (χ0n) is 13.8. The summed E-state index contributed by atoms with van der Waals surface area (Å²) < 4.78 is 11.9. The number of aromatic hydroxyl groups is 1. The van der Waals surface area contributed by atoms with E-state index in [1.165, 1.54) is 12.1 Å². The normalized spacial score (nSPS) is 9.68. The molecule has 2 N–H and O–H groups in total. The quantitative estimate of drug-likeness (QED) is 0.758. The van der Waals surface area contributed by atoms with Crippen LogP contribution in [0.1, 0.15) is 17.4 Å². The van der Waals surface area contributed by atoms with Gasteiger partial charge in [0.05, 0.1) is 0 Å². The van der Waals surface area contributed by atoms with Crippen molar-refractivity contribution < 1.29 is 14.3 Å². The van der Waals surface area contributed by atoms with Gasteiger partial charge in [0, 0.05) is 23.9 Å². The van der Waals surface area contributed by atoms with Crippen molar-refractivity contribution in [2.24, 2.45) is 0 Å². The summed E-state index contributed by atoms with van der Waals surface area (Å²) in [7, 11) is 0. The molecule has 0 spiro atoms. The predicted octanol–water partition coefficient (Wildman–Crippen LogP) is 4.03. The van der Waals surface area contributed by atoms with Crippen molar-refractivity contribution in [3.8, 4) is 16.9 Å². The summed E-state index contributed by atoms with van der Waals surface area (Å²) in [6.07, 6.45) is 1.58. The number of carbonyl (C=O) groups excluding carboxylic acids is 1. The van der Waals surface area contributed by atoms with E-state index in [-0.39, 0.29) is 17.5 Å². The van der Waals surface area contributed by atoms with Crippen molar-refractivity contribution in [2.75, 3.05) is 6.54 Å². The van der Waals surface area contributed by atoms with Crippen LogP contribution in [-0.4, -0.2) is 22.5 Å². The van der Waals surface area contributed by atoms with Crippen LogP contribution in [0.4, 0.5) is 4.39 Å². The molecule has 25 heavy (non-hydrogen) atoms. The fourth-order valence-electron chi connectivity index (χ4n) is 2.07. The maximum atomic E-state index is 11.9. The average Bonchev–Trinajstić information content (AvgIpc) is 2.64. The Morgan fingerprint density at radius 3 is 2.24 bits per heavy atom. The van der Waals surface area contributed by atoms with E-state index in [0.29, 0.717) is 17.8 Å². The molecule has 0 aliphatic heterocycles. The lowest BCUT2D eigenvalue weighted by Gasteiger charge is -2.05. The van der Waals surface area contributed by atoms with E-state index in [9.17, 15) is 14.3 Å². The fraction of sp³-hybridized carbons (Fsp3) is 0.100. The van der Waals surface area contributed by atoms with Crippen molar-refractivity contribution >= 4 is 5.91 Å². The van der Waals surface area contributed by atoms with Gasteiger partial charge < -0.3 is 10.4 Å². The molecule has 0 saturated carbocycles. The molecule has 0 saturated heterocycles. The maximum Gasteiger partial charge on any atom is 0.269 e. The number of nitrogens with one attached hydrogen (secondary N) is 1. The highest BCUT2D eigenvalue weighted by Crippen LogP contribution is 2.27. The third kappa shape index (κ3) is 5.42. The molecule has 0 aliphatic rings. The molecule has 0 fully saturated rings. The highest BCUT2D eigenvalue weighted by atomic mass is 19.1. The van der Waals surface area contributed by atoms with Crippen LogP contribution in [0.15, 0.2) is 72.9 Å². The molecule has 3 aromatic rings. The van der Waals surface area contributed by atoms with E-state index >= 15 is 0 Å². The number of para-hydroxylation sites is 1. The third-order valence-corrected chi connectivity index (χ3v) is 3.28. The summed E-state index contributed by atoms with van der Waals surface area (Å²) in [5.41, 5.74) is 1.85. The van der Waals surface area contributed by atoms with E-state index < -0.39 is 0 Å². The van der Waals surface area contributed by atoms with Gasteiger partial charge in [0.25, 0.3) is 5.91 Å². The molecule has 5 heteroatoms. The van der Waals surface area contributed by atoms with Gasteiger partial charge in [-0.3, -0.25) is 9.78 Å². The van der Waals surface area contributed by atoms with Crippen LogP contribution >= 0.6 is 0 Å². The molecule has 1 heterocycles. The number of hydrogen-bond donors (Lipinski definition) is 2. The second-order valence-electron chi connectivity index (χ2n) is 5.10. The summed E-state index contributed by atoms with van der Waals surface area (Å²) >= 11 is 0. The van der Waals surface area contributed by atoms with E-state index in [1.807, 2.05) is 13.0 Å². The molecule has 0 bridgehead atoms. The van der Waals surface area contributed by atoms with Crippen LogP contribution < -0.4 is 5.32 Å². The minimum absolute atomic E-state index is 0.178. The number of aromatic nitrogens is 1. The minimum atomic E-state index is -0.193. The number of rotatable bonds is 3. The lowest BCUT2D eigenvalue weighted by Crippen LogP contribution is -2.23. The summed E-state index contributed by atoms with van der Waals surface area (Å²) in [6.45, 7) is 2.43. The van der Waals surface area contributed by atoms with Crippen molar-refractivity contribution in [2.45, 2.75) is 6.92 Å². The van der Waals surface area contributed by atoms with Crippen LogP contribution in [0.2, 0.25) is 0 Å². The standard InChI is InChI=1S/C14H14N2O2.C6H5F/c1-2-15-14(18)12-8-7-10(9-16-12)11-5-3-4-6-13(11)17;7-6-4-2-1-3-5-6/h3-9,17H,2H2,1H3,(H,15,18);1-5H. The summed E-state index contributed by atoms with van der Waals surface area (Å²) in [6, 6.07) is 18.4. The number of pyridine rings is 1. The Labute approximate surface area is 146 Å². The first-order valence-corrected chi connectivity index (χ1v) is 7.85. The number of nitrogens with zero attached hydrogens (tertiary/aromatic N) is 1. The molecular formula is C20H19FN2O2. The van der Waals surface area contributed by atoms with Crippen molar-refractivity contribution in [1.29, 1.82) is 0 Å². The monoisotopic (exact) mass is 338 g/mol. The van der Waals surface area contributed by atoms with Gasteiger partial charge in [-0.05, 0) is 31.2 Å². The molecule has 1 amide bonds. The number of hydrogen-bond acceptors (Lipinski definition) is 3. The second-order valence-corrected chi connectivity index (χ2v) is 5.10. The Balaban J connectivity index is 0.000000269. The zero-order valence-corrected chi connectivity index (χ0v) is 13.8. The van der Waals surface area contributed by atoms with Crippen LogP contribution in [-0.2, 0) is 0 Å². The average molecular weight is 338 g/mol. The lowest BCUT2D eigenvalue weighted by atomic mass is 10.1. The van der Waals surface area contributed by atoms with Crippen LogP contribution in [0.25, 0.3) is 11.1 Å². The molecule has 0 unspecified atom stereocenters. The van der Waals surface area contributed by atoms with Gasteiger partial charge in [-0.1, -0.05) is 42.5 Å². The number of halogens is 1. The Kier molecular flexibility index (Phi) is 6.65. The molecule has 0 radical (unpaired) electrons. The van der Waals surface area contributed by atoms with Crippen molar-refractivity contribution in [1.82, 2.24) is 10.3 Å². The molecule has 128 valence electrons. The van der Waals surface area contributed by atoms with Gasteiger partial charge in [0.15, 0.2) is 0 Å². The zero-order chi connectivity index (χ0) is 18.1. The van der Waals surface area contributed by atoms with E-state index in [0.717, 1.165) is 5.56 Å². The van der Waals surface area contributed by atoms with Gasteiger partial charge in [0.2, 0.25) is 0 Å². The number of carbonyl (C=O) groups is 1. The third-order valence-electron chi connectivity index (χ3n) is 3.28. The van der Waals surface area contributed by atoms with Crippen LogP contribution in [0, 0.1) is 5.82 Å². The summed E-state index contributed by atoms with van der Waals surface area (Å²) in [5, 5.41) is 12.4. The van der Waals surface area contributed by atoms with Gasteiger partial charge in [-0.2, -0.15) is 0 Å². The van der Waals surface area contributed by atoms with Gasteiger partial charge in [-0.15, -0.1) is 0 Å². The Morgan fingerprint density at radius 2 is 1.72 bits per heavy atom. The van der Waals surface area contributed by atoms with Gasteiger partial charge >= 0.3 is 0 Å². The van der Waals surface area contributed by atoms with Crippen LogP contribution in [0.3, 0.4) is 0 Å². The van der Waals surface area contributed by atoms with Crippen LogP contribution in [0.5, 0.6) is 5.75 Å². The molecule has 1 aromatic heterocycles. The first-order valence-electron chi connectivity index (χ1n) is 7.85. The molecule has 0 atom stereocenters. The smallest absolute Gasteiger partial charge is 0.269 e. The van der Waals surface area contributed by atoms with E-state index in [2.05, 4.69) is 10.3 Å². The first kappa shape index (κ1) is 18.1. The molecule has 4 nitrogen and oxygen atoms in total. The molecule has 2 aromatic carbocycles. The summed E-state index contributed by atoms with van der Waals surface area (Å²) in [5.74, 6) is -0.172. The Hall–Kier alpha value is -3.21. The molecular weight excluding hydrogens is 319 g/mol. The van der Waals surface area contributed by atoms with E-state index in [4.69, 9.17) is 0 Å². The fourth-order valence-corrected chi connectivity index (χ4v) is 2.07. The molecule has 0 aliphatic carbocycles. The minimum Gasteiger partial charge on any atom is -0.507 e. The van der Waals surface area contributed by atoms with Crippen molar-refractivity contribution in [3.05, 3.63) is 84.4 Å². The number of amides is 1. The SMILES string of the molecule is CCNC(=O)c1ccc(-c2ccccc2O)cn1.Fc1ccccc1. The highest BCUT2D eigenvalue weighted by molar-refractivity contribution is 5.92.